The zero-order valence-corrected chi connectivity index (χ0v) is 13.3. The number of hydrogen-bond donors (Lipinski definition) is 1. The second-order valence-electron chi connectivity index (χ2n) is 5.82. The molecule has 22 heavy (non-hydrogen) atoms. The molecule has 2 rings (SSSR count). The van der Waals surface area contributed by atoms with Crippen LogP contribution in [0.1, 0.15) is 31.4 Å². The monoisotopic (exact) mass is 304 g/mol. The molecule has 1 aromatic rings. The van der Waals surface area contributed by atoms with E-state index in [0.717, 1.165) is 12.8 Å². The van der Waals surface area contributed by atoms with Crippen molar-refractivity contribution in [2.45, 2.75) is 39.3 Å². The molecule has 120 valence electrons. The van der Waals surface area contributed by atoms with Gasteiger partial charge in [-0.1, -0.05) is 31.2 Å². The smallest absolute Gasteiger partial charge is 0.317 e. The molecule has 1 atom stereocenters. The van der Waals surface area contributed by atoms with Crippen LogP contribution in [0, 0.1) is 0 Å². The Morgan fingerprint density at radius 2 is 2.00 bits per heavy atom. The van der Waals surface area contributed by atoms with Gasteiger partial charge in [0.25, 0.3) is 0 Å². The maximum Gasteiger partial charge on any atom is 0.317 e. The molecule has 0 radical (unpaired) electrons. The number of rotatable bonds is 6. The number of benzene rings is 1. The van der Waals surface area contributed by atoms with Crippen molar-refractivity contribution < 1.29 is 14.7 Å². The Balaban J connectivity index is 2.05. The first kappa shape index (κ1) is 16.5. The second kappa shape index (κ2) is 7.40. The van der Waals surface area contributed by atoms with Crippen molar-refractivity contribution in [3.63, 3.8) is 0 Å². The highest BCUT2D eigenvalue weighted by Gasteiger charge is 2.28. The number of amides is 1. The first-order valence-corrected chi connectivity index (χ1v) is 7.84. The average Bonchev–Trinajstić information content (AvgIpc) is 2.52. The maximum atomic E-state index is 12.7. The van der Waals surface area contributed by atoms with Crippen LogP contribution >= 0.6 is 0 Å². The summed E-state index contributed by atoms with van der Waals surface area (Å²) >= 11 is 0. The molecule has 0 aromatic heterocycles. The lowest BCUT2D eigenvalue weighted by Crippen LogP contribution is -2.50. The van der Waals surface area contributed by atoms with Gasteiger partial charge in [0.2, 0.25) is 5.91 Å². The fourth-order valence-corrected chi connectivity index (χ4v) is 2.97. The van der Waals surface area contributed by atoms with Gasteiger partial charge in [-0.05, 0) is 37.4 Å². The number of hydrogen-bond acceptors (Lipinski definition) is 3. The Bertz CT molecular complexity index is 544. The van der Waals surface area contributed by atoms with E-state index >= 15 is 0 Å². The van der Waals surface area contributed by atoms with Crippen molar-refractivity contribution in [2.75, 3.05) is 19.6 Å². The van der Waals surface area contributed by atoms with E-state index in [0.29, 0.717) is 19.6 Å². The molecule has 1 heterocycles. The number of carboxylic acids is 1. The summed E-state index contributed by atoms with van der Waals surface area (Å²) in [5.74, 6) is -0.874. The van der Waals surface area contributed by atoms with Crippen molar-refractivity contribution in [2.24, 2.45) is 0 Å². The summed E-state index contributed by atoms with van der Waals surface area (Å²) in [6, 6.07) is 7.77. The molecule has 0 aliphatic carbocycles. The van der Waals surface area contributed by atoms with Gasteiger partial charge in [0.1, 0.15) is 0 Å². The molecule has 1 aliphatic rings. The predicted octanol–water partition coefficient (Wildman–Crippen LogP) is 1.76. The Morgan fingerprint density at radius 1 is 1.32 bits per heavy atom. The summed E-state index contributed by atoms with van der Waals surface area (Å²) < 4.78 is 0. The van der Waals surface area contributed by atoms with Crippen LogP contribution in [0.2, 0.25) is 0 Å². The van der Waals surface area contributed by atoms with Crippen LogP contribution in [-0.4, -0.2) is 52.5 Å². The average molecular weight is 304 g/mol. The number of nitrogens with zero attached hydrogens (tertiary/aromatic N) is 2. The number of carbonyl (C=O) groups is 2. The zero-order valence-electron chi connectivity index (χ0n) is 13.3. The topological polar surface area (TPSA) is 60.9 Å². The van der Waals surface area contributed by atoms with E-state index in [1.54, 1.807) is 11.8 Å². The van der Waals surface area contributed by atoms with Crippen LogP contribution in [0.15, 0.2) is 24.3 Å². The Kier molecular flexibility index (Phi) is 5.55. The van der Waals surface area contributed by atoms with Gasteiger partial charge in [0.15, 0.2) is 0 Å². The molecule has 0 spiro atoms. The quantitative estimate of drug-likeness (QED) is 0.870. The Morgan fingerprint density at radius 3 is 2.64 bits per heavy atom. The first-order valence-electron chi connectivity index (χ1n) is 7.84. The predicted molar refractivity (Wildman–Crippen MR) is 84.5 cm³/mol. The van der Waals surface area contributed by atoms with Gasteiger partial charge in [-0.3, -0.25) is 14.5 Å². The molecule has 1 aliphatic heterocycles. The number of aliphatic carboxylic acids is 1. The summed E-state index contributed by atoms with van der Waals surface area (Å²) in [6.07, 6.45) is 1.69. The van der Waals surface area contributed by atoms with Crippen molar-refractivity contribution in [3.8, 4) is 0 Å². The summed E-state index contributed by atoms with van der Waals surface area (Å²) in [5.41, 5.74) is 2.49. The van der Waals surface area contributed by atoms with Crippen molar-refractivity contribution in [3.05, 3.63) is 35.4 Å². The lowest BCUT2D eigenvalue weighted by Gasteiger charge is -2.34. The third kappa shape index (κ3) is 3.85. The molecule has 1 amide bonds. The van der Waals surface area contributed by atoms with Gasteiger partial charge in [0.05, 0.1) is 12.6 Å². The normalized spacial score (nSPS) is 15.5. The largest absolute Gasteiger partial charge is 0.480 e. The Hall–Kier alpha value is -1.88. The van der Waals surface area contributed by atoms with Crippen LogP contribution in [0.3, 0.4) is 0 Å². The van der Waals surface area contributed by atoms with E-state index in [4.69, 9.17) is 5.11 Å². The maximum absolute atomic E-state index is 12.7. The van der Waals surface area contributed by atoms with E-state index in [9.17, 15) is 9.59 Å². The lowest BCUT2D eigenvalue weighted by atomic mass is 9.99. The third-order valence-corrected chi connectivity index (χ3v) is 4.20. The molecular formula is C17H24N2O3. The van der Waals surface area contributed by atoms with Gasteiger partial charge in [-0.2, -0.15) is 0 Å². The summed E-state index contributed by atoms with van der Waals surface area (Å²) in [6.45, 7) is 5.64. The van der Waals surface area contributed by atoms with E-state index < -0.39 is 12.0 Å². The van der Waals surface area contributed by atoms with Crippen molar-refractivity contribution in [1.82, 2.24) is 9.80 Å². The molecule has 0 bridgehead atoms. The molecule has 1 N–H and O–H groups in total. The van der Waals surface area contributed by atoms with Gasteiger partial charge in [-0.15, -0.1) is 0 Å². The summed E-state index contributed by atoms with van der Waals surface area (Å²) in [4.78, 5) is 27.3. The van der Waals surface area contributed by atoms with Crippen LogP contribution in [0.25, 0.3) is 0 Å². The van der Waals surface area contributed by atoms with Crippen molar-refractivity contribution >= 4 is 11.9 Å². The van der Waals surface area contributed by atoms with E-state index in [-0.39, 0.29) is 12.5 Å². The van der Waals surface area contributed by atoms with Crippen LogP contribution in [-0.2, 0) is 22.6 Å². The van der Waals surface area contributed by atoms with Gasteiger partial charge in [-0.25, -0.2) is 0 Å². The van der Waals surface area contributed by atoms with E-state index in [1.165, 1.54) is 11.1 Å². The van der Waals surface area contributed by atoms with Gasteiger partial charge in [0, 0.05) is 13.1 Å². The Labute approximate surface area is 131 Å². The lowest BCUT2D eigenvalue weighted by molar-refractivity contribution is -0.142. The molecular weight excluding hydrogens is 280 g/mol. The fraction of sp³-hybridized carbons (Fsp3) is 0.529. The minimum Gasteiger partial charge on any atom is -0.480 e. The van der Waals surface area contributed by atoms with Gasteiger partial charge < -0.3 is 10.0 Å². The second-order valence-corrected chi connectivity index (χ2v) is 5.82. The number of fused-ring (bicyclic) bond motifs is 1. The minimum atomic E-state index is -0.892. The highest BCUT2D eigenvalue weighted by molar-refractivity contribution is 5.82. The molecule has 0 saturated carbocycles. The van der Waals surface area contributed by atoms with Crippen LogP contribution in [0.5, 0.6) is 0 Å². The summed E-state index contributed by atoms with van der Waals surface area (Å²) in [7, 11) is 0. The highest BCUT2D eigenvalue weighted by atomic mass is 16.4. The number of carboxylic acid groups (broad SMARTS) is 1. The SMILES string of the molecule is CCCN(CC(=O)O)C(C)C(=O)N1CCc2ccccc2C1. The first-order chi connectivity index (χ1) is 10.5. The van der Waals surface area contributed by atoms with Crippen LogP contribution in [0.4, 0.5) is 0 Å². The zero-order chi connectivity index (χ0) is 16.1. The molecule has 1 aromatic carbocycles. The fourth-order valence-electron chi connectivity index (χ4n) is 2.97. The molecule has 5 heteroatoms. The van der Waals surface area contributed by atoms with Gasteiger partial charge >= 0.3 is 5.97 Å². The van der Waals surface area contributed by atoms with E-state index in [2.05, 4.69) is 12.1 Å². The molecule has 0 saturated heterocycles. The molecule has 0 fully saturated rings. The van der Waals surface area contributed by atoms with Crippen molar-refractivity contribution in [1.29, 1.82) is 0 Å². The number of carbonyl (C=O) groups excluding carboxylic acids is 1. The van der Waals surface area contributed by atoms with E-state index in [1.807, 2.05) is 24.0 Å². The molecule has 5 nitrogen and oxygen atoms in total. The highest BCUT2D eigenvalue weighted by Crippen LogP contribution is 2.20. The van der Waals surface area contributed by atoms with Crippen LogP contribution < -0.4 is 0 Å². The summed E-state index contributed by atoms with van der Waals surface area (Å²) in [5, 5.41) is 9.02. The standard InChI is InChI=1S/C17H24N2O3/c1-3-9-18(12-16(20)21)13(2)17(22)19-10-8-14-6-4-5-7-15(14)11-19/h4-7,13H,3,8-12H2,1-2H3,(H,20,21). The molecule has 1 unspecified atom stereocenters. The third-order valence-electron chi connectivity index (χ3n) is 4.20. The minimum absolute atomic E-state index is 0.0178.